The molecule has 0 aromatic heterocycles. The van der Waals surface area contributed by atoms with Gasteiger partial charge in [0.15, 0.2) is 0 Å². The normalized spacial score (nSPS) is 15.6. The second kappa shape index (κ2) is 6.00. The molecular formula is C9H19NO2. The molecule has 0 amide bonds. The first-order chi connectivity index (χ1) is 5.61. The third kappa shape index (κ3) is 4.34. The highest BCUT2D eigenvalue weighted by Gasteiger charge is 2.18. The highest BCUT2D eigenvalue weighted by molar-refractivity contribution is 5.67. The molecule has 0 aliphatic heterocycles. The first-order valence-corrected chi connectivity index (χ1v) is 4.59. The Morgan fingerprint density at radius 2 is 2.08 bits per heavy atom. The van der Waals surface area contributed by atoms with E-state index in [0.717, 1.165) is 19.3 Å². The summed E-state index contributed by atoms with van der Waals surface area (Å²) in [6, 6.07) is 0.0426. The largest absolute Gasteiger partial charge is 0.481 e. The second-order valence-corrected chi connectivity index (χ2v) is 3.22. The number of hydrogen-bond acceptors (Lipinski definition) is 2. The number of carboxylic acids is 1. The zero-order valence-corrected chi connectivity index (χ0v) is 7.92. The number of nitrogens with two attached hydrogens (primary N) is 1. The third-order valence-corrected chi connectivity index (χ3v) is 2.17. The fourth-order valence-electron chi connectivity index (χ4n) is 1.40. The predicted molar refractivity (Wildman–Crippen MR) is 48.9 cm³/mol. The minimum absolute atomic E-state index is 0.0426. The molecule has 3 nitrogen and oxygen atoms in total. The van der Waals surface area contributed by atoms with Crippen LogP contribution in [0.25, 0.3) is 0 Å². The molecule has 0 heterocycles. The van der Waals surface area contributed by atoms with Crippen molar-refractivity contribution in [3.8, 4) is 0 Å². The Kier molecular flexibility index (Phi) is 5.72. The first-order valence-electron chi connectivity index (χ1n) is 4.59. The Bertz CT molecular complexity index is 136. The first kappa shape index (κ1) is 11.4. The van der Waals surface area contributed by atoms with Gasteiger partial charge < -0.3 is 10.8 Å². The maximum Gasteiger partial charge on any atom is 0.303 e. The van der Waals surface area contributed by atoms with Crippen LogP contribution < -0.4 is 5.73 Å². The number of carboxylic acid groups (broad SMARTS) is 1. The lowest BCUT2D eigenvalue weighted by atomic mass is 9.91. The van der Waals surface area contributed by atoms with Gasteiger partial charge in [-0.3, -0.25) is 4.79 Å². The van der Waals surface area contributed by atoms with Crippen LogP contribution in [0, 0.1) is 5.92 Å². The lowest BCUT2D eigenvalue weighted by Gasteiger charge is -2.20. The van der Waals surface area contributed by atoms with E-state index in [1.807, 2.05) is 6.92 Å². The Labute approximate surface area is 74.0 Å². The molecule has 12 heavy (non-hydrogen) atoms. The van der Waals surface area contributed by atoms with Crippen LogP contribution in [0.4, 0.5) is 0 Å². The van der Waals surface area contributed by atoms with Crippen LogP contribution in [0.5, 0.6) is 0 Å². The van der Waals surface area contributed by atoms with Crippen LogP contribution >= 0.6 is 0 Å². The molecular weight excluding hydrogens is 154 g/mol. The maximum atomic E-state index is 10.4. The Morgan fingerprint density at radius 3 is 2.42 bits per heavy atom. The summed E-state index contributed by atoms with van der Waals surface area (Å²) >= 11 is 0. The van der Waals surface area contributed by atoms with Crippen LogP contribution in [0.3, 0.4) is 0 Å². The minimum atomic E-state index is -0.739. The zero-order chi connectivity index (χ0) is 9.56. The molecule has 72 valence electrons. The van der Waals surface area contributed by atoms with Crippen molar-refractivity contribution in [3.05, 3.63) is 0 Å². The SMILES string of the molecule is CCCC(CC(=O)O)C(N)CC. The van der Waals surface area contributed by atoms with Crippen molar-refractivity contribution in [2.45, 2.75) is 45.6 Å². The highest BCUT2D eigenvalue weighted by atomic mass is 16.4. The third-order valence-electron chi connectivity index (χ3n) is 2.17. The summed E-state index contributed by atoms with van der Waals surface area (Å²) in [6.07, 6.45) is 2.99. The molecule has 2 atom stereocenters. The van der Waals surface area contributed by atoms with E-state index in [1.54, 1.807) is 0 Å². The second-order valence-electron chi connectivity index (χ2n) is 3.22. The van der Waals surface area contributed by atoms with Gasteiger partial charge in [0, 0.05) is 12.5 Å². The number of aliphatic carboxylic acids is 1. The highest BCUT2D eigenvalue weighted by Crippen LogP contribution is 2.16. The van der Waals surface area contributed by atoms with Crippen LogP contribution in [0.1, 0.15) is 39.5 Å². The molecule has 0 radical (unpaired) electrons. The quantitative estimate of drug-likeness (QED) is 0.641. The van der Waals surface area contributed by atoms with Gasteiger partial charge in [-0.25, -0.2) is 0 Å². The standard InChI is InChI=1S/C9H19NO2/c1-3-5-7(6-9(11)12)8(10)4-2/h7-8H,3-6,10H2,1-2H3,(H,11,12). The summed E-state index contributed by atoms with van der Waals surface area (Å²) in [6.45, 7) is 4.05. The predicted octanol–water partition coefficient (Wildman–Crippen LogP) is 1.61. The van der Waals surface area contributed by atoms with Crippen LogP contribution in [0.2, 0.25) is 0 Å². The van der Waals surface area contributed by atoms with E-state index in [2.05, 4.69) is 6.92 Å². The lowest BCUT2D eigenvalue weighted by Crippen LogP contribution is -2.30. The summed E-state index contributed by atoms with van der Waals surface area (Å²) in [4.78, 5) is 10.4. The van der Waals surface area contributed by atoms with E-state index in [0.29, 0.717) is 0 Å². The molecule has 0 fully saturated rings. The van der Waals surface area contributed by atoms with Crippen LogP contribution in [0.15, 0.2) is 0 Å². The van der Waals surface area contributed by atoms with Gasteiger partial charge in [0.25, 0.3) is 0 Å². The molecule has 2 unspecified atom stereocenters. The van der Waals surface area contributed by atoms with Crippen molar-refractivity contribution in [2.24, 2.45) is 11.7 Å². The van der Waals surface area contributed by atoms with Gasteiger partial charge in [0.05, 0.1) is 0 Å². The summed E-state index contributed by atoms with van der Waals surface area (Å²) in [7, 11) is 0. The Morgan fingerprint density at radius 1 is 1.50 bits per heavy atom. The van der Waals surface area contributed by atoms with Crippen LogP contribution in [-0.4, -0.2) is 17.1 Å². The monoisotopic (exact) mass is 173 g/mol. The zero-order valence-electron chi connectivity index (χ0n) is 7.92. The molecule has 3 N–H and O–H groups in total. The summed E-state index contributed by atoms with van der Waals surface area (Å²) < 4.78 is 0. The van der Waals surface area contributed by atoms with Gasteiger partial charge in [-0.2, -0.15) is 0 Å². The molecule has 0 saturated heterocycles. The maximum absolute atomic E-state index is 10.4. The molecule has 0 aliphatic carbocycles. The molecule has 0 spiro atoms. The molecule has 0 saturated carbocycles. The van der Waals surface area contributed by atoms with E-state index in [1.165, 1.54) is 0 Å². The summed E-state index contributed by atoms with van der Waals surface area (Å²) in [5.74, 6) is -0.588. The minimum Gasteiger partial charge on any atom is -0.481 e. The van der Waals surface area contributed by atoms with Crippen molar-refractivity contribution in [2.75, 3.05) is 0 Å². The number of rotatable bonds is 6. The average molecular weight is 173 g/mol. The van der Waals surface area contributed by atoms with Crippen molar-refractivity contribution < 1.29 is 9.90 Å². The molecule has 0 aliphatic rings. The van der Waals surface area contributed by atoms with Crippen molar-refractivity contribution in [1.29, 1.82) is 0 Å². The topological polar surface area (TPSA) is 63.3 Å². The molecule has 0 rings (SSSR count). The van der Waals surface area contributed by atoms with Gasteiger partial charge in [-0.1, -0.05) is 20.3 Å². The molecule has 3 heteroatoms. The van der Waals surface area contributed by atoms with Gasteiger partial charge >= 0.3 is 5.97 Å². The Hall–Kier alpha value is -0.570. The van der Waals surface area contributed by atoms with Gasteiger partial charge in [0.1, 0.15) is 0 Å². The molecule has 0 bridgehead atoms. The average Bonchev–Trinajstić information content (AvgIpc) is 2.01. The Balaban J connectivity index is 3.93. The van der Waals surface area contributed by atoms with Crippen LogP contribution in [-0.2, 0) is 4.79 Å². The van der Waals surface area contributed by atoms with Gasteiger partial charge in [-0.15, -0.1) is 0 Å². The van der Waals surface area contributed by atoms with Crippen molar-refractivity contribution >= 4 is 5.97 Å². The summed E-state index contributed by atoms with van der Waals surface area (Å²) in [5.41, 5.74) is 5.79. The summed E-state index contributed by atoms with van der Waals surface area (Å²) in [5, 5.41) is 8.60. The van der Waals surface area contributed by atoms with E-state index >= 15 is 0 Å². The fraction of sp³-hybridized carbons (Fsp3) is 0.889. The van der Waals surface area contributed by atoms with Gasteiger partial charge in [-0.05, 0) is 18.8 Å². The lowest BCUT2D eigenvalue weighted by molar-refractivity contribution is -0.138. The van der Waals surface area contributed by atoms with Crippen molar-refractivity contribution in [1.82, 2.24) is 0 Å². The van der Waals surface area contributed by atoms with Crippen molar-refractivity contribution in [3.63, 3.8) is 0 Å². The van der Waals surface area contributed by atoms with Gasteiger partial charge in [0.2, 0.25) is 0 Å². The molecule has 0 aromatic rings. The number of carbonyl (C=O) groups is 1. The van der Waals surface area contributed by atoms with E-state index in [4.69, 9.17) is 10.8 Å². The van der Waals surface area contributed by atoms with E-state index in [-0.39, 0.29) is 18.4 Å². The fourth-order valence-corrected chi connectivity index (χ4v) is 1.40. The number of hydrogen-bond donors (Lipinski definition) is 2. The molecule has 0 aromatic carbocycles. The van der Waals surface area contributed by atoms with E-state index in [9.17, 15) is 4.79 Å². The smallest absolute Gasteiger partial charge is 0.303 e. The van der Waals surface area contributed by atoms with E-state index < -0.39 is 5.97 Å².